The SMILES string of the molecule is CNCc1c(OC)ccc2[nH]ccc12. The van der Waals surface area contributed by atoms with E-state index in [1.807, 2.05) is 25.4 Å². The lowest BCUT2D eigenvalue weighted by molar-refractivity contribution is 0.409. The van der Waals surface area contributed by atoms with Gasteiger partial charge in [0.2, 0.25) is 0 Å². The average molecular weight is 190 g/mol. The van der Waals surface area contributed by atoms with Crippen molar-refractivity contribution >= 4 is 10.9 Å². The predicted molar refractivity (Wildman–Crippen MR) is 57.6 cm³/mol. The lowest BCUT2D eigenvalue weighted by Crippen LogP contribution is -2.06. The monoisotopic (exact) mass is 190 g/mol. The second kappa shape index (κ2) is 3.72. The van der Waals surface area contributed by atoms with Crippen LogP contribution in [0.4, 0.5) is 0 Å². The zero-order valence-electron chi connectivity index (χ0n) is 8.42. The van der Waals surface area contributed by atoms with Crippen LogP contribution in [0.15, 0.2) is 24.4 Å². The lowest BCUT2D eigenvalue weighted by Gasteiger charge is -2.09. The van der Waals surface area contributed by atoms with E-state index in [4.69, 9.17) is 4.74 Å². The van der Waals surface area contributed by atoms with E-state index in [1.54, 1.807) is 7.11 Å². The number of aromatic amines is 1. The van der Waals surface area contributed by atoms with E-state index in [0.717, 1.165) is 17.8 Å². The molecular formula is C11H14N2O. The summed E-state index contributed by atoms with van der Waals surface area (Å²) in [5.74, 6) is 0.937. The largest absolute Gasteiger partial charge is 0.496 e. The molecule has 0 atom stereocenters. The number of ether oxygens (including phenoxy) is 1. The van der Waals surface area contributed by atoms with E-state index >= 15 is 0 Å². The van der Waals surface area contributed by atoms with E-state index in [0.29, 0.717) is 0 Å². The Bertz CT molecular complexity index is 434. The van der Waals surface area contributed by atoms with Gasteiger partial charge in [0.25, 0.3) is 0 Å². The quantitative estimate of drug-likeness (QED) is 0.775. The molecule has 0 aliphatic rings. The van der Waals surface area contributed by atoms with Crippen LogP contribution in [0.3, 0.4) is 0 Å². The maximum absolute atomic E-state index is 5.32. The van der Waals surface area contributed by atoms with Gasteiger partial charge in [-0.05, 0) is 25.2 Å². The summed E-state index contributed by atoms with van der Waals surface area (Å²) in [5, 5.41) is 4.37. The molecule has 2 rings (SSSR count). The molecule has 0 fully saturated rings. The molecule has 0 saturated heterocycles. The van der Waals surface area contributed by atoms with Gasteiger partial charge in [0.15, 0.2) is 0 Å². The van der Waals surface area contributed by atoms with Gasteiger partial charge >= 0.3 is 0 Å². The fourth-order valence-electron chi connectivity index (χ4n) is 1.73. The second-order valence-electron chi connectivity index (χ2n) is 3.22. The van der Waals surface area contributed by atoms with Crippen LogP contribution in [0.5, 0.6) is 5.75 Å². The number of fused-ring (bicyclic) bond motifs is 1. The van der Waals surface area contributed by atoms with E-state index < -0.39 is 0 Å². The first-order valence-electron chi connectivity index (χ1n) is 4.64. The zero-order valence-corrected chi connectivity index (χ0v) is 8.42. The number of hydrogen-bond acceptors (Lipinski definition) is 2. The number of benzene rings is 1. The van der Waals surface area contributed by atoms with Gasteiger partial charge in [0.1, 0.15) is 5.75 Å². The highest BCUT2D eigenvalue weighted by Crippen LogP contribution is 2.26. The average Bonchev–Trinajstić information content (AvgIpc) is 2.67. The summed E-state index contributed by atoms with van der Waals surface area (Å²) >= 11 is 0. The molecular weight excluding hydrogens is 176 g/mol. The molecule has 0 aliphatic carbocycles. The van der Waals surface area contributed by atoms with Crippen LogP contribution in [0.2, 0.25) is 0 Å². The van der Waals surface area contributed by atoms with Gasteiger partial charge in [-0.15, -0.1) is 0 Å². The fourth-order valence-corrected chi connectivity index (χ4v) is 1.73. The highest BCUT2D eigenvalue weighted by molar-refractivity contribution is 5.85. The first kappa shape index (κ1) is 9.09. The van der Waals surface area contributed by atoms with Gasteiger partial charge in [0.05, 0.1) is 7.11 Å². The molecule has 0 unspecified atom stereocenters. The molecule has 2 aromatic rings. The minimum Gasteiger partial charge on any atom is -0.496 e. The Labute approximate surface area is 83.1 Å². The van der Waals surface area contributed by atoms with Gasteiger partial charge in [-0.2, -0.15) is 0 Å². The maximum Gasteiger partial charge on any atom is 0.124 e. The van der Waals surface area contributed by atoms with Gasteiger partial charge in [-0.3, -0.25) is 0 Å². The number of hydrogen-bond donors (Lipinski definition) is 2. The van der Waals surface area contributed by atoms with Crippen molar-refractivity contribution in [2.24, 2.45) is 0 Å². The van der Waals surface area contributed by atoms with Crippen molar-refractivity contribution in [2.75, 3.05) is 14.2 Å². The molecule has 2 N–H and O–H groups in total. The molecule has 74 valence electrons. The highest BCUT2D eigenvalue weighted by Gasteiger charge is 2.07. The smallest absolute Gasteiger partial charge is 0.124 e. The molecule has 14 heavy (non-hydrogen) atoms. The van der Waals surface area contributed by atoms with Crippen molar-refractivity contribution in [1.82, 2.24) is 10.3 Å². The van der Waals surface area contributed by atoms with Crippen molar-refractivity contribution < 1.29 is 4.74 Å². The summed E-state index contributed by atoms with van der Waals surface area (Å²) in [6.45, 7) is 0.818. The zero-order chi connectivity index (χ0) is 9.97. The minimum atomic E-state index is 0.818. The fraction of sp³-hybridized carbons (Fsp3) is 0.273. The molecule has 0 aliphatic heterocycles. The van der Waals surface area contributed by atoms with Gasteiger partial charge in [0, 0.05) is 29.2 Å². The topological polar surface area (TPSA) is 37.0 Å². The predicted octanol–water partition coefficient (Wildman–Crippen LogP) is 1.90. The number of nitrogens with one attached hydrogen (secondary N) is 2. The van der Waals surface area contributed by atoms with Crippen LogP contribution in [0, 0.1) is 0 Å². The van der Waals surface area contributed by atoms with Crippen molar-refractivity contribution in [3.8, 4) is 5.75 Å². The van der Waals surface area contributed by atoms with Crippen molar-refractivity contribution in [3.05, 3.63) is 30.0 Å². The molecule has 0 spiro atoms. The summed E-state index contributed by atoms with van der Waals surface area (Å²) in [6.07, 6.45) is 1.95. The van der Waals surface area contributed by atoms with E-state index in [1.165, 1.54) is 10.9 Å². The van der Waals surface area contributed by atoms with Crippen molar-refractivity contribution in [2.45, 2.75) is 6.54 Å². The minimum absolute atomic E-state index is 0.818. The third-order valence-electron chi connectivity index (χ3n) is 2.38. The summed E-state index contributed by atoms with van der Waals surface area (Å²) in [4.78, 5) is 3.19. The van der Waals surface area contributed by atoms with Crippen LogP contribution in [0.1, 0.15) is 5.56 Å². The Morgan fingerprint density at radius 1 is 1.36 bits per heavy atom. The normalized spacial score (nSPS) is 10.7. The molecule has 1 heterocycles. The number of aromatic nitrogens is 1. The van der Waals surface area contributed by atoms with Crippen LogP contribution >= 0.6 is 0 Å². The Balaban J connectivity index is 2.62. The summed E-state index contributed by atoms with van der Waals surface area (Å²) in [7, 11) is 3.64. The number of H-pyrrole nitrogens is 1. The number of rotatable bonds is 3. The molecule has 3 nitrogen and oxygen atoms in total. The third-order valence-corrected chi connectivity index (χ3v) is 2.38. The van der Waals surface area contributed by atoms with Gasteiger partial charge in [-0.1, -0.05) is 0 Å². The Kier molecular flexibility index (Phi) is 2.41. The van der Waals surface area contributed by atoms with Gasteiger partial charge in [-0.25, -0.2) is 0 Å². The standard InChI is InChI=1S/C11H14N2O/c1-12-7-9-8-5-6-13-10(8)3-4-11(9)14-2/h3-6,12-13H,7H2,1-2H3. The molecule has 0 bridgehead atoms. The summed E-state index contributed by atoms with van der Waals surface area (Å²) in [5.41, 5.74) is 2.35. The molecule has 1 aromatic carbocycles. The number of methoxy groups -OCH3 is 1. The maximum atomic E-state index is 5.32. The molecule has 0 amide bonds. The Morgan fingerprint density at radius 2 is 2.21 bits per heavy atom. The van der Waals surface area contributed by atoms with Crippen LogP contribution in [0.25, 0.3) is 10.9 Å². The first-order valence-corrected chi connectivity index (χ1v) is 4.64. The lowest BCUT2D eigenvalue weighted by atomic mass is 10.1. The Hall–Kier alpha value is -1.48. The second-order valence-corrected chi connectivity index (χ2v) is 3.22. The summed E-state index contributed by atoms with van der Waals surface area (Å²) in [6, 6.07) is 6.10. The van der Waals surface area contributed by atoms with Crippen molar-refractivity contribution in [3.63, 3.8) is 0 Å². The molecule has 0 radical (unpaired) electrons. The van der Waals surface area contributed by atoms with Crippen LogP contribution in [-0.4, -0.2) is 19.1 Å². The van der Waals surface area contributed by atoms with E-state index in [-0.39, 0.29) is 0 Å². The molecule has 3 heteroatoms. The first-order chi connectivity index (χ1) is 6.86. The van der Waals surface area contributed by atoms with Crippen LogP contribution < -0.4 is 10.1 Å². The van der Waals surface area contributed by atoms with Crippen molar-refractivity contribution in [1.29, 1.82) is 0 Å². The highest BCUT2D eigenvalue weighted by atomic mass is 16.5. The Morgan fingerprint density at radius 3 is 2.93 bits per heavy atom. The molecule has 0 saturated carbocycles. The van der Waals surface area contributed by atoms with E-state index in [2.05, 4.69) is 16.4 Å². The third kappa shape index (κ3) is 1.36. The van der Waals surface area contributed by atoms with E-state index in [9.17, 15) is 0 Å². The molecule has 1 aromatic heterocycles. The summed E-state index contributed by atoms with van der Waals surface area (Å²) < 4.78 is 5.32. The van der Waals surface area contributed by atoms with Gasteiger partial charge < -0.3 is 15.0 Å². The van der Waals surface area contributed by atoms with Crippen LogP contribution in [-0.2, 0) is 6.54 Å².